The van der Waals surface area contributed by atoms with Crippen LogP contribution in [0.4, 0.5) is 0 Å². The van der Waals surface area contributed by atoms with Gasteiger partial charge in [-0.25, -0.2) is 4.98 Å². The van der Waals surface area contributed by atoms with Crippen LogP contribution in [0.2, 0.25) is 0 Å². The molecule has 4 nitrogen and oxygen atoms in total. The van der Waals surface area contributed by atoms with Gasteiger partial charge in [0.05, 0.1) is 5.69 Å². The quantitative estimate of drug-likeness (QED) is 0.723. The first-order valence-corrected chi connectivity index (χ1v) is 8.32. The van der Waals surface area contributed by atoms with Gasteiger partial charge in [0.1, 0.15) is 5.65 Å². The predicted octanol–water partition coefficient (Wildman–Crippen LogP) is 3.33. The van der Waals surface area contributed by atoms with Crippen LogP contribution in [0.5, 0.6) is 0 Å². The van der Waals surface area contributed by atoms with E-state index in [1.807, 2.05) is 19.1 Å². The second-order valence-corrected chi connectivity index (χ2v) is 6.26. The highest BCUT2D eigenvalue weighted by Gasteiger charge is 2.09. The predicted molar refractivity (Wildman–Crippen MR) is 97.2 cm³/mol. The summed E-state index contributed by atoms with van der Waals surface area (Å²) in [5.41, 5.74) is 5.09. The molecule has 1 aromatic carbocycles. The molecule has 0 atom stereocenters. The molecule has 0 unspecified atom stereocenters. The normalized spacial score (nSPS) is 11.3. The smallest absolute Gasteiger partial charge is 0.258 e. The molecule has 0 radical (unpaired) electrons. The third-order valence-electron chi connectivity index (χ3n) is 4.30. The molecule has 3 aromatic rings. The summed E-state index contributed by atoms with van der Waals surface area (Å²) < 4.78 is 1.61. The van der Waals surface area contributed by atoms with Gasteiger partial charge in [0.15, 0.2) is 0 Å². The minimum atomic E-state index is -0.0231. The number of aromatic nitrogens is 2. The number of nitrogens with zero attached hydrogens (tertiary/aromatic N) is 3. The Balaban J connectivity index is 1.85. The van der Waals surface area contributed by atoms with Crippen LogP contribution in [0.25, 0.3) is 5.65 Å². The zero-order chi connectivity index (χ0) is 17.1. The molecule has 4 heteroatoms. The van der Waals surface area contributed by atoms with Crippen molar-refractivity contribution in [2.45, 2.75) is 33.9 Å². The Bertz CT molecular complexity index is 897. The maximum absolute atomic E-state index is 12.3. The van der Waals surface area contributed by atoms with E-state index in [1.165, 1.54) is 11.1 Å². The van der Waals surface area contributed by atoms with E-state index in [9.17, 15) is 4.79 Å². The maximum Gasteiger partial charge on any atom is 0.258 e. The third kappa shape index (κ3) is 3.54. The molecule has 0 aliphatic carbocycles. The summed E-state index contributed by atoms with van der Waals surface area (Å²) in [6.07, 6.45) is 1.77. The van der Waals surface area contributed by atoms with Gasteiger partial charge in [-0.3, -0.25) is 14.1 Å². The SMILES string of the molecule is CCN(Cc1ccc(C)cc1)Cc1cc(=O)n2cccc(C)c2n1. The third-order valence-corrected chi connectivity index (χ3v) is 4.30. The summed E-state index contributed by atoms with van der Waals surface area (Å²) in [5.74, 6) is 0. The Morgan fingerprint density at radius 3 is 2.54 bits per heavy atom. The van der Waals surface area contributed by atoms with Crippen molar-refractivity contribution < 1.29 is 0 Å². The molecule has 0 saturated carbocycles. The molecule has 0 aliphatic heterocycles. The van der Waals surface area contributed by atoms with E-state index in [2.05, 4.69) is 43.0 Å². The fraction of sp³-hybridized carbons (Fsp3) is 0.300. The minimum absolute atomic E-state index is 0.0231. The summed E-state index contributed by atoms with van der Waals surface area (Å²) in [4.78, 5) is 19.3. The van der Waals surface area contributed by atoms with Crippen LogP contribution in [-0.4, -0.2) is 20.8 Å². The molecular formula is C20H23N3O. The minimum Gasteiger partial charge on any atom is -0.294 e. The van der Waals surface area contributed by atoms with Gasteiger partial charge in [0, 0.05) is 25.4 Å². The van der Waals surface area contributed by atoms with Gasteiger partial charge in [-0.05, 0) is 37.6 Å². The van der Waals surface area contributed by atoms with E-state index in [4.69, 9.17) is 4.98 Å². The van der Waals surface area contributed by atoms with Gasteiger partial charge in [-0.15, -0.1) is 0 Å². The summed E-state index contributed by atoms with van der Waals surface area (Å²) in [6.45, 7) is 8.64. The van der Waals surface area contributed by atoms with Crippen molar-refractivity contribution in [2.75, 3.05) is 6.54 Å². The molecule has 3 rings (SSSR count). The molecule has 0 saturated heterocycles. The van der Waals surface area contributed by atoms with Crippen LogP contribution >= 0.6 is 0 Å². The monoisotopic (exact) mass is 321 g/mol. The molecule has 0 amide bonds. The summed E-state index contributed by atoms with van der Waals surface area (Å²) in [5, 5.41) is 0. The van der Waals surface area contributed by atoms with Gasteiger partial charge in [0.25, 0.3) is 5.56 Å². The number of hydrogen-bond acceptors (Lipinski definition) is 3. The average molecular weight is 321 g/mol. The van der Waals surface area contributed by atoms with Gasteiger partial charge < -0.3 is 0 Å². The Kier molecular flexibility index (Phi) is 4.76. The van der Waals surface area contributed by atoms with Crippen LogP contribution in [0.1, 0.15) is 29.3 Å². The van der Waals surface area contributed by atoms with Crippen LogP contribution in [0.3, 0.4) is 0 Å². The van der Waals surface area contributed by atoms with E-state index < -0.39 is 0 Å². The molecule has 24 heavy (non-hydrogen) atoms. The molecule has 124 valence electrons. The van der Waals surface area contributed by atoms with E-state index in [-0.39, 0.29) is 5.56 Å². The zero-order valence-electron chi connectivity index (χ0n) is 14.5. The second-order valence-electron chi connectivity index (χ2n) is 6.26. The van der Waals surface area contributed by atoms with Crippen LogP contribution in [-0.2, 0) is 13.1 Å². The number of hydrogen-bond donors (Lipinski definition) is 0. The first-order chi connectivity index (χ1) is 11.6. The van der Waals surface area contributed by atoms with Crippen molar-refractivity contribution >= 4 is 5.65 Å². The van der Waals surface area contributed by atoms with E-state index >= 15 is 0 Å². The van der Waals surface area contributed by atoms with E-state index in [0.29, 0.717) is 6.54 Å². The Labute approximate surface area is 142 Å². The van der Waals surface area contributed by atoms with Crippen molar-refractivity contribution in [1.29, 1.82) is 0 Å². The molecule has 0 N–H and O–H groups in total. The molecule has 0 fully saturated rings. The number of fused-ring (bicyclic) bond motifs is 1. The standard InChI is InChI=1S/C20H23N3O/c1-4-22(13-17-9-7-15(2)8-10-17)14-18-12-19(24)23-11-5-6-16(3)20(23)21-18/h5-12H,4,13-14H2,1-3H3. The highest BCUT2D eigenvalue weighted by atomic mass is 16.1. The average Bonchev–Trinajstić information content (AvgIpc) is 2.57. The summed E-state index contributed by atoms with van der Waals surface area (Å²) in [6, 6.07) is 14.1. The number of benzene rings is 1. The molecule has 0 spiro atoms. The lowest BCUT2D eigenvalue weighted by Crippen LogP contribution is -2.25. The molecule has 0 aliphatic rings. The van der Waals surface area contributed by atoms with Crippen molar-refractivity contribution in [2.24, 2.45) is 0 Å². The van der Waals surface area contributed by atoms with Crippen molar-refractivity contribution in [3.05, 3.63) is 81.4 Å². The van der Waals surface area contributed by atoms with Crippen molar-refractivity contribution in [1.82, 2.24) is 14.3 Å². The van der Waals surface area contributed by atoms with Gasteiger partial charge in [-0.1, -0.05) is 42.8 Å². The fourth-order valence-electron chi connectivity index (χ4n) is 2.85. The summed E-state index contributed by atoms with van der Waals surface area (Å²) in [7, 11) is 0. The molecular weight excluding hydrogens is 298 g/mol. The second kappa shape index (κ2) is 6.97. The lowest BCUT2D eigenvalue weighted by atomic mass is 10.1. The lowest BCUT2D eigenvalue weighted by molar-refractivity contribution is 0.268. The van der Waals surface area contributed by atoms with Crippen molar-refractivity contribution in [3.8, 4) is 0 Å². The van der Waals surface area contributed by atoms with Gasteiger partial charge in [0.2, 0.25) is 0 Å². The number of aryl methyl sites for hydroxylation is 2. The highest BCUT2D eigenvalue weighted by Crippen LogP contribution is 2.11. The topological polar surface area (TPSA) is 37.6 Å². The summed E-state index contributed by atoms with van der Waals surface area (Å²) >= 11 is 0. The van der Waals surface area contributed by atoms with Crippen LogP contribution < -0.4 is 5.56 Å². The first kappa shape index (κ1) is 16.4. The van der Waals surface area contributed by atoms with Gasteiger partial charge >= 0.3 is 0 Å². The zero-order valence-corrected chi connectivity index (χ0v) is 14.5. The van der Waals surface area contributed by atoms with Crippen LogP contribution in [0, 0.1) is 13.8 Å². The Hall–Kier alpha value is -2.46. The number of rotatable bonds is 5. The molecule has 0 bridgehead atoms. The van der Waals surface area contributed by atoms with E-state index in [1.54, 1.807) is 16.7 Å². The molecule has 2 aromatic heterocycles. The van der Waals surface area contributed by atoms with Gasteiger partial charge in [-0.2, -0.15) is 0 Å². The Morgan fingerprint density at radius 2 is 1.83 bits per heavy atom. The van der Waals surface area contributed by atoms with Crippen LogP contribution in [0.15, 0.2) is 53.5 Å². The lowest BCUT2D eigenvalue weighted by Gasteiger charge is -2.20. The highest BCUT2D eigenvalue weighted by molar-refractivity contribution is 5.46. The first-order valence-electron chi connectivity index (χ1n) is 8.32. The largest absolute Gasteiger partial charge is 0.294 e. The van der Waals surface area contributed by atoms with Crippen molar-refractivity contribution in [3.63, 3.8) is 0 Å². The fourth-order valence-corrected chi connectivity index (χ4v) is 2.85. The Morgan fingerprint density at radius 1 is 1.08 bits per heavy atom. The van der Waals surface area contributed by atoms with E-state index in [0.717, 1.165) is 30.0 Å². The molecule has 2 heterocycles. The maximum atomic E-state index is 12.3. The number of pyridine rings is 1.